The van der Waals surface area contributed by atoms with Gasteiger partial charge in [-0.25, -0.2) is 0 Å². The van der Waals surface area contributed by atoms with E-state index in [1.807, 2.05) is 24.1 Å². The molecule has 1 saturated heterocycles. The molecule has 0 saturated carbocycles. The molecule has 3 rings (SSSR count). The zero-order valence-electron chi connectivity index (χ0n) is 13.7. The van der Waals surface area contributed by atoms with Gasteiger partial charge in [0.05, 0.1) is 17.8 Å². The minimum absolute atomic E-state index is 0.00675. The lowest BCUT2D eigenvalue weighted by molar-refractivity contribution is -0.0586. The van der Waals surface area contributed by atoms with Gasteiger partial charge in [-0.2, -0.15) is 11.3 Å². The Balaban J connectivity index is 1.65. The number of anilines is 1. The van der Waals surface area contributed by atoms with Crippen LogP contribution < -0.4 is 5.32 Å². The van der Waals surface area contributed by atoms with Crippen molar-refractivity contribution in [2.75, 3.05) is 18.4 Å². The first kappa shape index (κ1) is 16.7. The molecule has 0 radical (unpaired) electrons. The fourth-order valence-corrected chi connectivity index (χ4v) is 3.46. The number of thiophene rings is 1. The molecule has 1 aromatic heterocycles. The first-order valence-electron chi connectivity index (χ1n) is 7.91. The van der Waals surface area contributed by atoms with E-state index in [9.17, 15) is 9.59 Å². The maximum Gasteiger partial charge on any atom is 0.256 e. The molecular weight excluding hydrogens is 324 g/mol. The average molecular weight is 344 g/mol. The zero-order chi connectivity index (χ0) is 17.1. The van der Waals surface area contributed by atoms with Crippen LogP contribution in [0.5, 0.6) is 0 Å². The number of carbonyl (C=O) groups is 2. The van der Waals surface area contributed by atoms with Crippen molar-refractivity contribution in [1.29, 1.82) is 0 Å². The van der Waals surface area contributed by atoms with Crippen molar-refractivity contribution < 1.29 is 14.3 Å². The number of ether oxygens (including phenoxy) is 1. The quantitative estimate of drug-likeness (QED) is 0.930. The van der Waals surface area contributed by atoms with Gasteiger partial charge in [-0.1, -0.05) is 0 Å². The van der Waals surface area contributed by atoms with Gasteiger partial charge in [0.25, 0.3) is 11.8 Å². The summed E-state index contributed by atoms with van der Waals surface area (Å²) in [5.74, 6) is -0.154. The summed E-state index contributed by atoms with van der Waals surface area (Å²) in [6, 6.07) is 8.78. The standard InChI is InChI=1S/C18H20N2O3S/c1-12-9-20(10-13(2)23-12)18(22)14-3-5-16(6-4-14)19-17(21)15-7-8-24-11-15/h3-8,11-13H,9-10H2,1-2H3,(H,19,21). The van der Waals surface area contributed by atoms with Crippen LogP contribution in [0.1, 0.15) is 34.6 Å². The lowest BCUT2D eigenvalue weighted by Crippen LogP contribution is -2.48. The van der Waals surface area contributed by atoms with Crippen molar-refractivity contribution in [1.82, 2.24) is 4.90 Å². The smallest absolute Gasteiger partial charge is 0.256 e. The molecule has 0 aliphatic carbocycles. The normalized spacial score (nSPS) is 20.7. The summed E-state index contributed by atoms with van der Waals surface area (Å²) in [6.45, 7) is 5.14. The number of carbonyl (C=O) groups excluding carboxylic acids is 2. The van der Waals surface area contributed by atoms with Gasteiger partial charge < -0.3 is 15.0 Å². The van der Waals surface area contributed by atoms with E-state index in [1.54, 1.807) is 35.7 Å². The van der Waals surface area contributed by atoms with Crippen LogP contribution in [0.4, 0.5) is 5.69 Å². The van der Waals surface area contributed by atoms with Gasteiger partial charge in [-0.3, -0.25) is 9.59 Å². The lowest BCUT2D eigenvalue weighted by atomic mass is 10.1. The highest BCUT2D eigenvalue weighted by molar-refractivity contribution is 7.08. The third kappa shape index (κ3) is 3.83. The first-order chi connectivity index (χ1) is 11.5. The van der Waals surface area contributed by atoms with Crippen LogP contribution in [0, 0.1) is 0 Å². The van der Waals surface area contributed by atoms with Crippen molar-refractivity contribution in [2.45, 2.75) is 26.1 Å². The number of amides is 2. The summed E-state index contributed by atoms with van der Waals surface area (Å²) in [6.07, 6.45) is 0.0868. The highest BCUT2D eigenvalue weighted by Gasteiger charge is 2.26. The highest BCUT2D eigenvalue weighted by Crippen LogP contribution is 2.17. The summed E-state index contributed by atoms with van der Waals surface area (Å²) in [5.41, 5.74) is 1.92. The Morgan fingerprint density at radius 3 is 2.33 bits per heavy atom. The highest BCUT2D eigenvalue weighted by atomic mass is 32.1. The average Bonchev–Trinajstić information content (AvgIpc) is 3.08. The zero-order valence-corrected chi connectivity index (χ0v) is 14.5. The SMILES string of the molecule is CC1CN(C(=O)c2ccc(NC(=O)c3ccsc3)cc2)CC(C)O1. The van der Waals surface area contributed by atoms with Crippen molar-refractivity contribution in [3.8, 4) is 0 Å². The van der Waals surface area contributed by atoms with Gasteiger partial charge in [0.15, 0.2) is 0 Å². The van der Waals surface area contributed by atoms with E-state index < -0.39 is 0 Å². The van der Waals surface area contributed by atoms with Crippen LogP contribution in [0.2, 0.25) is 0 Å². The Morgan fingerprint density at radius 2 is 1.75 bits per heavy atom. The largest absolute Gasteiger partial charge is 0.372 e. The summed E-state index contributed by atoms with van der Waals surface area (Å²) in [7, 11) is 0. The van der Waals surface area contributed by atoms with E-state index in [2.05, 4.69) is 5.32 Å². The Labute approximate surface area is 145 Å². The Bertz CT molecular complexity index is 702. The molecule has 1 aliphatic heterocycles. The molecule has 1 fully saturated rings. The molecule has 1 aliphatic rings. The van der Waals surface area contributed by atoms with E-state index in [0.29, 0.717) is 29.9 Å². The predicted octanol–water partition coefficient (Wildman–Crippen LogP) is 3.25. The van der Waals surface area contributed by atoms with E-state index >= 15 is 0 Å². The van der Waals surface area contributed by atoms with Gasteiger partial charge >= 0.3 is 0 Å². The molecule has 2 atom stereocenters. The van der Waals surface area contributed by atoms with Crippen molar-refractivity contribution in [3.05, 3.63) is 52.2 Å². The molecule has 0 spiro atoms. The molecule has 1 N–H and O–H groups in total. The molecule has 2 heterocycles. The molecule has 126 valence electrons. The van der Waals surface area contributed by atoms with Crippen LogP contribution in [0.3, 0.4) is 0 Å². The van der Waals surface area contributed by atoms with Crippen LogP contribution in [0.15, 0.2) is 41.1 Å². The van der Waals surface area contributed by atoms with Gasteiger partial charge in [-0.05, 0) is 49.6 Å². The van der Waals surface area contributed by atoms with Crippen LogP contribution >= 0.6 is 11.3 Å². The molecule has 0 bridgehead atoms. The van der Waals surface area contributed by atoms with Gasteiger partial charge in [-0.15, -0.1) is 0 Å². The summed E-state index contributed by atoms with van der Waals surface area (Å²) in [5, 5.41) is 6.49. The van der Waals surface area contributed by atoms with E-state index in [1.165, 1.54) is 11.3 Å². The molecule has 2 amide bonds. The van der Waals surface area contributed by atoms with Crippen LogP contribution in [0.25, 0.3) is 0 Å². The number of rotatable bonds is 3. The fraction of sp³-hybridized carbons (Fsp3) is 0.333. The third-order valence-corrected chi connectivity index (χ3v) is 4.56. The van der Waals surface area contributed by atoms with E-state index in [4.69, 9.17) is 4.74 Å². The predicted molar refractivity (Wildman–Crippen MR) is 94.6 cm³/mol. The van der Waals surface area contributed by atoms with Crippen LogP contribution in [-0.2, 0) is 4.74 Å². The van der Waals surface area contributed by atoms with Crippen molar-refractivity contribution in [3.63, 3.8) is 0 Å². The van der Waals surface area contributed by atoms with Gasteiger partial charge in [0.1, 0.15) is 0 Å². The Morgan fingerprint density at radius 1 is 1.08 bits per heavy atom. The molecular formula is C18H20N2O3S. The molecule has 6 heteroatoms. The summed E-state index contributed by atoms with van der Waals surface area (Å²) in [4.78, 5) is 26.4. The maximum atomic E-state index is 12.6. The topological polar surface area (TPSA) is 58.6 Å². The minimum Gasteiger partial charge on any atom is -0.372 e. The molecule has 5 nitrogen and oxygen atoms in total. The molecule has 24 heavy (non-hydrogen) atoms. The number of nitrogens with zero attached hydrogens (tertiary/aromatic N) is 1. The molecule has 2 aromatic rings. The fourth-order valence-electron chi connectivity index (χ4n) is 2.82. The molecule has 1 aromatic carbocycles. The van der Waals surface area contributed by atoms with Crippen LogP contribution in [-0.4, -0.2) is 42.0 Å². The number of hydrogen-bond acceptors (Lipinski definition) is 4. The monoisotopic (exact) mass is 344 g/mol. The second-order valence-corrected chi connectivity index (χ2v) is 6.79. The van der Waals surface area contributed by atoms with Crippen molar-refractivity contribution >= 4 is 28.8 Å². The number of morpholine rings is 1. The lowest BCUT2D eigenvalue weighted by Gasteiger charge is -2.35. The summed E-state index contributed by atoms with van der Waals surface area (Å²) < 4.78 is 5.66. The maximum absolute atomic E-state index is 12.6. The number of nitrogens with one attached hydrogen (secondary N) is 1. The summed E-state index contributed by atoms with van der Waals surface area (Å²) >= 11 is 1.48. The number of hydrogen-bond donors (Lipinski definition) is 1. The first-order valence-corrected chi connectivity index (χ1v) is 8.85. The van der Waals surface area contributed by atoms with Gasteiger partial charge in [0, 0.05) is 29.7 Å². The molecule has 2 unspecified atom stereocenters. The van der Waals surface area contributed by atoms with E-state index in [-0.39, 0.29) is 24.0 Å². The second-order valence-electron chi connectivity index (χ2n) is 6.01. The van der Waals surface area contributed by atoms with Crippen molar-refractivity contribution in [2.24, 2.45) is 0 Å². The Kier molecular flexibility index (Phi) is 4.97. The Hall–Kier alpha value is -2.18. The minimum atomic E-state index is -0.147. The second kappa shape index (κ2) is 7.15. The van der Waals surface area contributed by atoms with Gasteiger partial charge in [0.2, 0.25) is 0 Å². The number of benzene rings is 1. The third-order valence-electron chi connectivity index (χ3n) is 3.88. The van der Waals surface area contributed by atoms with E-state index in [0.717, 1.165) is 0 Å².